The first-order chi connectivity index (χ1) is 10.9. The van der Waals surface area contributed by atoms with Crippen molar-refractivity contribution in [3.8, 4) is 11.8 Å². The Bertz CT molecular complexity index is 585. The van der Waals surface area contributed by atoms with Crippen LogP contribution in [0.3, 0.4) is 0 Å². The van der Waals surface area contributed by atoms with Gasteiger partial charge >= 0.3 is 5.97 Å². The van der Waals surface area contributed by atoms with Crippen molar-refractivity contribution in [1.29, 1.82) is 0 Å². The predicted octanol–water partition coefficient (Wildman–Crippen LogP) is 3.28. The maximum atomic E-state index is 11.6. The molecule has 1 heterocycles. The highest BCUT2D eigenvalue weighted by Gasteiger charge is 2.14. The summed E-state index contributed by atoms with van der Waals surface area (Å²) in [5, 5.41) is 3.74. The summed E-state index contributed by atoms with van der Waals surface area (Å²) in [6.45, 7) is 12.6. The summed E-state index contributed by atoms with van der Waals surface area (Å²) in [6.07, 6.45) is 3.89. The van der Waals surface area contributed by atoms with Crippen LogP contribution < -0.4 is 0 Å². The lowest BCUT2D eigenvalue weighted by molar-refractivity contribution is 0.0514. The minimum absolute atomic E-state index is 0.0120. The molecule has 0 spiro atoms. The largest absolute Gasteiger partial charge is 0.461 e. The van der Waals surface area contributed by atoms with E-state index in [0.717, 1.165) is 13.1 Å². The Morgan fingerprint density at radius 3 is 2.78 bits per heavy atom. The number of aromatic nitrogens is 1. The van der Waals surface area contributed by atoms with Crippen LogP contribution in [-0.2, 0) is 11.3 Å². The van der Waals surface area contributed by atoms with Gasteiger partial charge in [0.25, 0.3) is 0 Å². The molecule has 5 heteroatoms. The predicted molar refractivity (Wildman–Crippen MR) is 89.8 cm³/mol. The Labute approximate surface area is 138 Å². The van der Waals surface area contributed by atoms with E-state index in [4.69, 9.17) is 9.26 Å². The van der Waals surface area contributed by atoms with Crippen LogP contribution in [0.2, 0.25) is 0 Å². The Hall–Kier alpha value is -2.06. The molecule has 0 unspecified atom stereocenters. The van der Waals surface area contributed by atoms with E-state index < -0.39 is 5.97 Å². The third kappa shape index (κ3) is 7.66. The van der Waals surface area contributed by atoms with Crippen molar-refractivity contribution in [3.05, 3.63) is 29.7 Å². The summed E-state index contributed by atoms with van der Waals surface area (Å²) < 4.78 is 10.1. The van der Waals surface area contributed by atoms with Crippen LogP contribution >= 0.6 is 0 Å². The summed E-state index contributed by atoms with van der Waals surface area (Å²) in [6, 6.07) is 1.63. The number of hydrogen-bond acceptors (Lipinski definition) is 5. The molecule has 0 amide bonds. The van der Waals surface area contributed by atoms with Gasteiger partial charge in [-0.2, -0.15) is 0 Å². The van der Waals surface area contributed by atoms with Gasteiger partial charge in [-0.25, -0.2) is 4.79 Å². The van der Waals surface area contributed by atoms with Crippen LogP contribution in [0.4, 0.5) is 0 Å². The fraction of sp³-hybridized carbons (Fsp3) is 0.556. The van der Waals surface area contributed by atoms with Crippen LogP contribution in [-0.4, -0.2) is 35.7 Å². The highest BCUT2D eigenvalue weighted by molar-refractivity contribution is 5.87. The van der Waals surface area contributed by atoms with Crippen LogP contribution in [0.5, 0.6) is 0 Å². The van der Waals surface area contributed by atoms with Gasteiger partial charge in [0.2, 0.25) is 0 Å². The van der Waals surface area contributed by atoms with Gasteiger partial charge in [0.05, 0.1) is 13.2 Å². The van der Waals surface area contributed by atoms with Gasteiger partial charge in [-0.1, -0.05) is 30.0 Å². The molecular weight excluding hydrogens is 292 g/mol. The number of hydrogen-bond donors (Lipinski definition) is 0. The van der Waals surface area contributed by atoms with E-state index in [2.05, 4.69) is 49.6 Å². The lowest BCUT2D eigenvalue weighted by Gasteiger charge is -2.15. The Morgan fingerprint density at radius 2 is 2.17 bits per heavy atom. The number of carbonyl (C=O) groups excluding carboxylic acids is 1. The summed E-state index contributed by atoms with van der Waals surface area (Å²) in [4.78, 5) is 13.7. The summed E-state index contributed by atoms with van der Waals surface area (Å²) >= 11 is 0. The topological polar surface area (TPSA) is 55.6 Å². The van der Waals surface area contributed by atoms with Gasteiger partial charge in [0.15, 0.2) is 11.5 Å². The van der Waals surface area contributed by atoms with E-state index in [9.17, 15) is 4.79 Å². The molecule has 0 N–H and O–H groups in total. The van der Waals surface area contributed by atoms with E-state index in [1.807, 2.05) is 12.2 Å². The van der Waals surface area contributed by atoms with Crippen LogP contribution in [0.15, 0.2) is 22.7 Å². The van der Waals surface area contributed by atoms with Crippen molar-refractivity contribution in [3.63, 3.8) is 0 Å². The molecule has 0 saturated carbocycles. The molecule has 1 rings (SSSR count). The quantitative estimate of drug-likeness (QED) is 0.570. The summed E-state index contributed by atoms with van der Waals surface area (Å²) in [5.41, 5.74) is 0.225. The zero-order valence-corrected chi connectivity index (χ0v) is 14.7. The van der Waals surface area contributed by atoms with Crippen molar-refractivity contribution >= 4 is 5.97 Å². The molecule has 0 aliphatic carbocycles. The van der Waals surface area contributed by atoms with Crippen LogP contribution in [0.25, 0.3) is 0 Å². The molecule has 23 heavy (non-hydrogen) atoms. The van der Waals surface area contributed by atoms with Gasteiger partial charge in [0.1, 0.15) is 0 Å². The van der Waals surface area contributed by atoms with Gasteiger partial charge in [0, 0.05) is 18.0 Å². The number of esters is 1. The van der Waals surface area contributed by atoms with Crippen molar-refractivity contribution < 1.29 is 14.1 Å². The maximum absolute atomic E-state index is 11.6. The van der Waals surface area contributed by atoms with E-state index in [-0.39, 0.29) is 11.1 Å². The molecule has 5 nitrogen and oxygen atoms in total. The molecule has 0 radical (unpaired) electrons. The summed E-state index contributed by atoms with van der Waals surface area (Å²) in [5.74, 6) is 6.39. The zero-order valence-electron chi connectivity index (χ0n) is 14.7. The molecule has 0 bridgehead atoms. The highest BCUT2D eigenvalue weighted by atomic mass is 16.5. The molecule has 0 aliphatic rings. The highest BCUT2D eigenvalue weighted by Crippen LogP contribution is 2.10. The van der Waals surface area contributed by atoms with Crippen molar-refractivity contribution in [2.75, 3.05) is 19.7 Å². The number of carbonyl (C=O) groups is 1. The van der Waals surface area contributed by atoms with E-state index >= 15 is 0 Å². The average molecular weight is 318 g/mol. The molecule has 0 atom stereocenters. The first kappa shape index (κ1) is 19.0. The molecule has 0 fully saturated rings. The standard InChI is InChI=1S/C18H26N2O3/c1-6-20(12-10-8-9-11-18(3,4)5)14-15-13-16(19-23-15)17(21)22-7-2/h8,10,13H,6-7,12,14H2,1-5H3/b10-8+. The number of ether oxygens (including phenoxy) is 1. The normalized spacial score (nSPS) is 11.6. The Morgan fingerprint density at radius 1 is 1.43 bits per heavy atom. The van der Waals surface area contributed by atoms with Gasteiger partial charge in [-0.15, -0.1) is 0 Å². The molecule has 1 aromatic rings. The number of nitrogens with zero attached hydrogens (tertiary/aromatic N) is 2. The lowest BCUT2D eigenvalue weighted by Crippen LogP contribution is -2.22. The van der Waals surface area contributed by atoms with Crippen LogP contribution in [0.1, 0.15) is 50.9 Å². The minimum Gasteiger partial charge on any atom is -0.461 e. The van der Waals surface area contributed by atoms with Crippen molar-refractivity contribution in [1.82, 2.24) is 10.1 Å². The van der Waals surface area contributed by atoms with Gasteiger partial charge in [-0.05, 0) is 40.3 Å². The second-order valence-corrected chi connectivity index (χ2v) is 6.15. The van der Waals surface area contributed by atoms with E-state index in [1.54, 1.807) is 13.0 Å². The number of rotatable bonds is 7. The SMILES string of the molecule is CCOC(=O)c1cc(CN(CC)C/C=C/C#CC(C)(C)C)on1. The Kier molecular flexibility index (Phi) is 7.56. The number of likely N-dealkylation sites (N-methyl/N-ethyl adjacent to an activating group) is 1. The fourth-order valence-electron chi connectivity index (χ4n) is 1.73. The average Bonchev–Trinajstić information content (AvgIpc) is 2.93. The maximum Gasteiger partial charge on any atom is 0.360 e. The van der Waals surface area contributed by atoms with Crippen molar-refractivity contribution in [2.45, 2.75) is 41.2 Å². The van der Waals surface area contributed by atoms with Crippen molar-refractivity contribution in [2.24, 2.45) is 5.41 Å². The summed E-state index contributed by atoms with van der Waals surface area (Å²) in [7, 11) is 0. The van der Waals surface area contributed by atoms with Gasteiger partial charge in [-0.3, -0.25) is 4.90 Å². The lowest BCUT2D eigenvalue weighted by atomic mass is 9.98. The first-order valence-electron chi connectivity index (χ1n) is 7.88. The third-order valence-corrected chi connectivity index (χ3v) is 2.88. The van der Waals surface area contributed by atoms with Gasteiger partial charge < -0.3 is 9.26 Å². The minimum atomic E-state index is -0.456. The van der Waals surface area contributed by atoms with E-state index in [0.29, 0.717) is 18.9 Å². The number of allylic oxidation sites excluding steroid dienone is 1. The molecule has 0 aliphatic heterocycles. The fourth-order valence-corrected chi connectivity index (χ4v) is 1.73. The molecular formula is C18H26N2O3. The smallest absolute Gasteiger partial charge is 0.360 e. The van der Waals surface area contributed by atoms with E-state index in [1.165, 1.54) is 0 Å². The molecule has 126 valence electrons. The molecule has 0 aromatic carbocycles. The third-order valence-electron chi connectivity index (χ3n) is 2.88. The first-order valence-corrected chi connectivity index (χ1v) is 7.88. The zero-order chi connectivity index (χ0) is 17.3. The monoisotopic (exact) mass is 318 g/mol. The second-order valence-electron chi connectivity index (χ2n) is 6.15. The molecule has 0 saturated heterocycles. The molecule has 1 aromatic heterocycles. The second kappa shape index (κ2) is 9.16. The van der Waals surface area contributed by atoms with Crippen LogP contribution in [0, 0.1) is 17.3 Å². The Balaban J connectivity index is 2.54.